The number of rotatable bonds is 4. The molecule has 3 aliphatic rings. The lowest BCUT2D eigenvalue weighted by Gasteiger charge is -2.29. The summed E-state index contributed by atoms with van der Waals surface area (Å²) in [5.74, 6) is -1.15. The van der Waals surface area contributed by atoms with Crippen molar-refractivity contribution in [2.24, 2.45) is 17.3 Å². The Balaban J connectivity index is 1.58. The summed E-state index contributed by atoms with van der Waals surface area (Å²) in [5, 5.41) is 0. The van der Waals surface area contributed by atoms with Gasteiger partial charge in [0.2, 0.25) is 0 Å². The van der Waals surface area contributed by atoms with Gasteiger partial charge in [-0.05, 0) is 26.7 Å². The van der Waals surface area contributed by atoms with Gasteiger partial charge in [-0.3, -0.25) is 4.79 Å². The average Bonchev–Trinajstić information content (AvgIpc) is 2.97. The number of ether oxygens (including phenoxy) is 3. The van der Waals surface area contributed by atoms with Gasteiger partial charge in [0.15, 0.2) is 6.61 Å². The lowest BCUT2D eigenvalue weighted by molar-refractivity contribution is -0.168. The third-order valence-corrected chi connectivity index (χ3v) is 4.89. The molecular weight excluding hydrogens is 276 g/mol. The highest BCUT2D eigenvalue weighted by Crippen LogP contribution is 2.62. The van der Waals surface area contributed by atoms with E-state index in [4.69, 9.17) is 14.2 Å². The molecule has 2 saturated carbocycles. The molecule has 0 spiro atoms. The van der Waals surface area contributed by atoms with Gasteiger partial charge in [0, 0.05) is 17.4 Å². The normalized spacial score (nSPS) is 39.0. The predicted molar refractivity (Wildman–Crippen MR) is 69.9 cm³/mol. The Morgan fingerprint density at radius 3 is 2.86 bits per heavy atom. The average molecular weight is 294 g/mol. The van der Waals surface area contributed by atoms with Gasteiger partial charge in [-0.2, -0.15) is 0 Å². The van der Waals surface area contributed by atoms with Crippen LogP contribution in [0.4, 0.5) is 0 Å². The van der Waals surface area contributed by atoms with Crippen LogP contribution in [0.25, 0.3) is 0 Å². The van der Waals surface area contributed by atoms with Crippen LogP contribution >= 0.6 is 0 Å². The summed E-state index contributed by atoms with van der Waals surface area (Å²) in [7, 11) is 0. The summed E-state index contributed by atoms with van der Waals surface area (Å²) < 4.78 is 15.5. The monoisotopic (exact) mass is 294 g/mol. The Morgan fingerprint density at radius 2 is 2.19 bits per heavy atom. The van der Waals surface area contributed by atoms with Gasteiger partial charge in [0.25, 0.3) is 0 Å². The maximum absolute atomic E-state index is 11.9. The van der Waals surface area contributed by atoms with E-state index in [1.165, 1.54) is 6.92 Å². The predicted octanol–water partition coefficient (Wildman–Crippen LogP) is 0.989. The zero-order valence-corrected chi connectivity index (χ0v) is 12.1. The molecule has 1 heterocycles. The molecule has 114 valence electrons. The lowest BCUT2D eigenvalue weighted by atomic mass is 9.75. The number of carbonyl (C=O) groups excluding carboxylic acids is 3. The Bertz CT molecular complexity index is 538. The summed E-state index contributed by atoms with van der Waals surface area (Å²) in [6.45, 7) is 6.41. The van der Waals surface area contributed by atoms with Crippen LogP contribution in [0, 0.1) is 17.3 Å². The first-order valence-electron chi connectivity index (χ1n) is 7.06. The topological polar surface area (TPSA) is 78.9 Å². The van der Waals surface area contributed by atoms with Crippen LogP contribution in [0.2, 0.25) is 0 Å². The van der Waals surface area contributed by atoms with Gasteiger partial charge >= 0.3 is 17.9 Å². The first-order valence-corrected chi connectivity index (χ1v) is 7.06. The standard InChI is InChI=1S/C15H18O6/c1-7(2)13(17)19-6-10(16)20-11-8-4-9-12(11)21-14(18)15(9,3)5-8/h8-9,11-12H,1,4-6H2,2-3H3/t8?,9?,11?,12?,15-/m1/s1. The van der Waals surface area contributed by atoms with Crippen molar-refractivity contribution in [3.05, 3.63) is 12.2 Å². The molecule has 1 saturated heterocycles. The second-order valence-electron chi connectivity index (χ2n) is 6.40. The number of fused-ring (bicyclic) bond motifs is 1. The van der Waals surface area contributed by atoms with E-state index in [1.54, 1.807) is 0 Å². The molecule has 2 bridgehead atoms. The highest BCUT2D eigenvalue weighted by atomic mass is 16.6. The van der Waals surface area contributed by atoms with Crippen molar-refractivity contribution >= 4 is 17.9 Å². The fraction of sp³-hybridized carbons (Fsp3) is 0.667. The fourth-order valence-corrected chi connectivity index (χ4v) is 3.85. The van der Waals surface area contributed by atoms with Gasteiger partial charge in [-0.1, -0.05) is 6.58 Å². The Kier molecular flexibility index (Phi) is 3.07. The van der Waals surface area contributed by atoms with Gasteiger partial charge < -0.3 is 14.2 Å². The Labute approximate surface area is 122 Å². The summed E-state index contributed by atoms with van der Waals surface area (Å²) in [4.78, 5) is 34.9. The molecule has 0 aromatic rings. The summed E-state index contributed by atoms with van der Waals surface area (Å²) >= 11 is 0. The molecule has 0 N–H and O–H groups in total. The zero-order chi connectivity index (χ0) is 15.4. The molecule has 1 aliphatic heterocycles. The lowest BCUT2D eigenvalue weighted by Crippen LogP contribution is -2.39. The van der Waals surface area contributed by atoms with E-state index in [9.17, 15) is 14.4 Å². The molecule has 4 unspecified atom stereocenters. The second kappa shape index (κ2) is 4.58. The van der Waals surface area contributed by atoms with Gasteiger partial charge in [0.1, 0.15) is 12.2 Å². The first kappa shape index (κ1) is 14.1. The number of esters is 3. The summed E-state index contributed by atoms with van der Waals surface area (Å²) in [6.07, 6.45) is 0.778. The molecule has 5 atom stereocenters. The third-order valence-electron chi connectivity index (χ3n) is 4.89. The first-order chi connectivity index (χ1) is 9.83. The van der Waals surface area contributed by atoms with Crippen LogP contribution in [0.1, 0.15) is 26.7 Å². The molecule has 6 heteroatoms. The molecule has 3 fully saturated rings. The smallest absolute Gasteiger partial charge is 0.344 e. The van der Waals surface area contributed by atoms with Crippen LogP contribution in [0.15, 0.2) is 12.2 Å². The molecule has 2 aliphatic carbocycles. The maximum atomic E-state index is 11.9. The van der Waals surface area contributed by atoms with E-state index < -0.39 is 30.1 Å². The van der Waals surface area contributed by atoms with Crippen molar-refractivity contribution in [3.63, 3.8) is 0 Å². The second-order valence-corrected chi connectivity index (χ2v) is 6.40. The minimum Gasteiger partial charge on any atom is -0.458 e. The fourth-order valence-electron chi connectivity index (χ4n) is 3.85. The van der Waals surface area contributed by atoms with E-state index in [-0.39, 0.29) is 29.5 Å². The third kappa shape index (κ3) is 2.04. The van der Waals surface area contributed by atoms with Crippen LogP contribution < -0.4 is 0 Å². The highest BCUT2D eigenvalue weighted by Gasteiger charge is 2.69. The van der Waals surface area contributed by atoms with Gasteiger partial charge in [-0.15, -0.1) is 0 Å². The van der Waals surface area contributed by atoms with Crippen LogP contribution in [0.5, 0.6) is 0 Å². The maximum Gasteiger partial charge on any atom is 0.344 e. The molecule has 3 rings (SSSR count). The highest BCUT2D eigenvalue weighted by molar-refractivity contribution is 5.88. The number of carbonyl (C=O) groups is 3. The summed E-state index contributed by atoms with van der Waals surface area (Å²) in [6, 6.07) is 0. The quantitative estimate of drug-likeness (QED) is 0.437. The molecule has 21 heavy (non-hydrogen) atoms. The minimum atomic E-state index is -0.625. The minimum absolute atomic E-state index is 0.130. The number of hydrogen-bond donors (Lipinski definition) is 0. The van der Waals surface area contributed by atoms with Crippen molar-refractivity contribution in [2.45, 2.75) is 38.9 Å². The van der Waals surface area contributed by atoms with Gasteiger partial charge in [-0.25, -0.2) is 9.59 Å². The molecule has 0 aromatic heterocycles. The zero-order valence-electron chi connectivity index (χ0n) is 12.1. The van der Waals surface area contributed by atoms with E-state index in [0.29, 0.717) is 6.42 Å². The number of hydrogen-bond acceptors (Lipinski definition) is 6. The SMILES string of the molecule is C=C(C)C(=O)OCC(=O)OC1C2CC3C1OC(=O)[C@]3(C)C2. The van der Waals surface area contributed by atoms with Crippen molar-refractivity contribution in [1.82, 2.24) is 0 Å². The van der Waals surface area contributed by atoms with Gasteiger partial charge in [0.05, 0.1) is 5.41 Å². The van der Waals surface area contributed by atoms with Crippen molar-refractivity contribution in [3.8, 4) is 0 Å². The van der Waals surface area contributed by atoms with E-state index in [0.717, 1.165) is 6.42 Å². The Hall–Kier alpha value is -1.85. The largest absolute Gasteiger partial charge is 0.458 e. The van der Waals surface area contributed by atoms with Crippen molar-refractivity contribution in [1.29, 1.82) is 0 Å². The molecular formula is C15H18O6. The van der Waals surface area contributed by atoms with E-state index >= 15 is 0 Å². The van der Waals surface area contributed by atoms with Crippen molar-refractivity contribution < 1.29 is 28.6 Å². The Morgan fingerprint density at radius 1 is 1.48 bits per heavy atom. The van der Waals surface area contributed by atoms with Crippen LogP contribution in [-0.4, -0.2) is 36.7 Å². The molecule has 0 radical (unpaired) electrons. The van der Waals surface area contributed by atoms with Crippen LogP contribution in [-0.2, 0) is 28.6 Å². The summed E-state index contributed by atoms with van der Waals surface area (Å²) in [5.41, 5.74) is -0.187. The van der Waals surface area contributed by atoms with E-state index in [1.807, 2.05) is 6.92 Å². The molecule has 6 nitrogen and oxygen atoms in total. The van der Waals surface area contributed by atoms with Crippen molar-refractivity contribution in [2.75, 3.05) is 6.61 Å². The van der Waals surface area contributed by atoms with E-state index in [2.05, 4.69) is 6.58 Å². The molecule has 0 amide bonds. The van der Waals surface area contributed by atoms with Crippen LogP contribution in [0.3, 0.4) is 0 Å². The molecule has 0 aromatic carbocycles.